The van der Waals surface area contributed by atoms with E-state index in [4.69, 9.17) is 4.74 Å². The fourth-order valence-electron chi connectivity index (χ4n) is 2.83. The first-order valence-corrected chi connectivity index (χ1v) is 7.92. The summed E-state index contributed by atoms with van der Waals surface area (Å²) in [5.74, 6) is -0.239. The predicted molar refractivity (Wildman–Crippen MR) is 87.4 cm³/mol. The fourth-order valence-corrected chi connectivity index (χ4v) is 2.83. The number of benzene rings is 1. The second-order valence-corrected chi connectivity index (χ2v) is 5.65. The van der Waals surface area contributed by atoms with Gasteiger partial charge in [0.25, 0.3) is 5.69 Å². The number of nitro benzene ring substituents is 1. The van der Waals surface area contributed by atoms with Crippen molar-refractivity contribution in [3.05, 3.63) is 34.4 Å². The number of para-hydroxylation sites is 2. The Labute approximate surface area is 135 Å². The molecule has 2 rings (SSSR count). The van der Waals surface area contributed by atoms with Crippen molar-refractivity contribution in [2.45, 2.75) is 38.8 Å². The molecule has 1 N–H and O–H groups in total. The Morgan fingerprint density at radius 3 is 2.96 bits per heavy atom. The van der Waals surface area contributed by atoms with E-state index in [2.05, 4.69) is 10.2 Å². The zero-order valence-corrected chi connectivity index (χ0v) is 13.5. The number of carbonyl (C=O) groups excluding carboxylic acids is 1. The zero-order chi connectivity index (χ0) is 16.8. The highest BCUT2D eigenvalue weighted by molar-refractivity contribution is 5.96. The van der Waals surface area contributed by atoms with Gasteiger partial charge in [-0.05, 0) is 39.3 Å². The Morgan fingerprint density at radius 1 is 1.52 bits per heavy atom. The van der Waals surface area contributed by atoms with Crippen LogP contribution in [0.5, 0.6) is 0 Å². The van der Waals surface area contributed by atoms with Gasteiger partial charge in [0.05, 0.1) is 17.1 Å². The number of anilines is 1. The molecule has 7 nitrogen and oxygen atoms in total. The van der Waals surface area contributed by atoms with Crippen molar-refractivity contribution in [3.63, 3.8) is 0 Å². The van der Waals surface area contributed by atoms with Crippen molar-refractivity contribution in [1.29, 1.82) is 0 Å². The summed E-state index contributed by atoms with van der Waals surface area (Å²) >= 11 is 0. The Morgan fingerprint density at radius 2 is 2.26 bits per heavy atom. The molecule has 1 aliphatic rings. The number of nitrogens with zero attached hydrogens (tertiary/aromatic N) is 2. The summed E-state index contributed by atoms with van der Waals surface area (Å²) in [5, 5.41) is 13.7. The Bertz CT molecular complexity index is 562. The maximum atomic E-state index is 12.4. The van der Waals surface area contributed by atoms with Crippen LogP contribution < -0.4 is 5.32 Å². The summed E-state index contributed by atoms with van der Waals surface area (Å²) in [4.78, 5) is 25.0. The van der Waals surface area contributed by atoms with Gasteiger partial charge in [0.15, 0.2) is 0 Å². The molecule has 1 fully saturated rings. The average Bonchev–Trinajstić information content (AvgIpc) is 2.55. The highest BCUT2D eigenvalue weighted by Crippen LogP contribution is 2.24. The van der Waals surface area contributed by atoms with Gasteiger partial charge in [0.2, 0.25) is 5.91 Å². The zero-order valence-electron chi connectivity index (χ0n) is 13.5. The normalized spacial score (nSPS) is 20.0. The van der Waals surface area contributed by atoms with Crippen LogP contribution in [0.4, 0.5) is 11.4 Å². The smallest absolute Gasteiger partial charge is 0.292 e. The third kappa shape index (κ3) is 4.49. The molecule has 1 heterocycles. The largest absolute Gasteiger partial charge is 0.377 e. The molecule has 0 aliphatic carbocycles. The lowest BCUT2D eigenvalue weighted by Crippen LogP contribution is -2.49. The van der Waals surface area contributed by atoms with Crippen molar-refractivity contribution in [3.8, 4) is 0 Å². The van der Waals surface area contributed by atoms with Gasteiger partial charge in [0.1, 0.15) is 5.69 Å². The number of ether oxygens (including phenoxy) is 1. The number of piperidine rings is 1. The molecule has 0 radical (unpaired) electrons. The lowest BCUT2D eigenvalue weighted by atomic mass is 10.1. The second-order valence-electron chi connectivity index (χ2n) is 5.65. The summed E-state index contributed by atoms with van der Waals surface area (Å²) in [6, 6.07) is 5.81. The molecular weight excluding hydrogens is 298 g/mol. The van der Waals surface area contributed by atoms with Gasteiger partial charge >= 0.3 is 0 Å². The van der Waals surface area contributed by atoms with E-state index < -0.39 is 4.92 Å². The van der Waals surface area contributed by atoms with Gasteiger partial charge in [-0.25, -0.2) is 0 Å². The van der Waals surface area contributed by atoms with Gasteiger partial charge in [-0.1, -0.05) is 12.1 Å². The van der Waals surface area contributed by atoms with E-state index in [1.54, 1.807) is 18.2 Å². The number of hydrogen-bond acceptors (Lipinski definition) is 5. The summed E-state index contributed by atoms with van der Waals surface area (Å²) in [6.07, 6.45) is 2.13. The Balaban J connectivity index is 2.01. The van der Waals surface area contributed by atoms with Crippen LogP contribution in [0.1, 0.15) is 26.7 Å². The van der Waals surface area contributed by atoms with E-state index in [9.17, 15) is 14.9 Å². The van der Waals surface area contributed by atoms with Gasteiger partial charge in [0, 0.05) is 19.2 Å². The van der Waals surface area contributed by atoms with Gasteiger partial charge < -0.3 is 10.1 Å². The van der Waals surface area contributed by atoms with Crippen LogP contribution in [0.25, 0.3) is 0 Å². The molecule has 1 amide bonds. The molecule has 2 unspecified atom stereocenters. The Hall–Kier alpha value is -1.99. The van der Waals surface area contributed by atoms with Crippen LogP contribution in [0.15, 0.2) is 24.3 Å². The van der Waals surface area contributed by atoms with Crippen LogP contribution >= 0.6 is 0 Å². The monoisotopic (exact) mass is 321 g/mol. The maximum Gasteiger partial charge on any atom is 0.292 e. The minimum Gasteiger partial charge on any atom is -0.377 e. The molecule has 7 heteroatoms. The molecule has 0 spiro atoms. The average molecular weight is 321 g/mol. The molecule has 2 atom stereocenters. The van der Waals surface area contributed by atoms with E-state index in [0.717, 1.165) is 19.4 Å². The van der Waals surface area contributed by atoms with Crippen LogP contribution in [-0.2, 0) is 9.53 Å². The SMILES string of the molecule is CCOC1CCCN(C(C)C(=O)Nc2ccccc2[N+](=O)[O-])C1. The third-order valence-electron chi connectivity index (χ3n) is 4.10. The maximum absolute atomic E-state index is 12.4. The molecule has 0 bridgehead atoms. The Kier molecular flexibility index (Phi) is 6.06. The number of nitro groups is 1. The molecule has 1 saturated heterocycles. The fraction of sp³-hybridized carbons (Fsp3) is 0.562. The van der Waals surface area contributed by atoms with Gasteiger partial charge in [-0.2, -0.15) is 0 Å². The number of likely N-dealkylation sites (tertiary alicyclic amines) is 1. The quantitative estimate of drug-likeness (QED) is 0.642. The molecule has 1 aromatic carbocycles. The standard InChI is InChI=1S/C16H23N3O4/c1-3-23-13-7-6-10-18(11-13)12(2)16(20)17-14-8-4-5-9-15(14)19(21)22/h4-5,8-9,12-13H,3,6-7,10-11H2,1-2H3,(H,17,20). The van der Waals surface area contributed by atoms with Crippen molar-refractivity contribution >= 4 is 17.3 Å². The van der Waals surface area contributed by atoms with Crippen LogP contribution in [0.2, 0.25) is 0 Å². The topological polar surface area (TPSA) is 84.7 Å². The van der Waals surface area contributed by atoms with Crippen molar-refractivity contribution < 1.29 is 14.5 Å². The molecule has 23 heavy (non-hydrogen) atoms. The molecule has 1 aromatic rings. The molecule has 1 aliphatic heterocycles. The van der Waals surface area contributed by atoms with E-state index in [-0.39, 0.29) is 29.4 Å². The van der Waals surface area contributed by atoms with Crippen molar-refractivity contribution in [2.75, 3.05) is 25.0 Å². The van der Waals surface area contributed by atoms with E-state index in [1.807, 2.05) is 13.8 Å². The van der Waals surface area contributed by atoms with E-state index in [0.29, 0.717) is 13.2 Å². The molecule has 0 aromatic heterocycles. The van der Waals surface area contributed by atoms with Gasteiger partial charge in [-0.3, -0.25) is 19.8 Å². The summed E-state index contributed by atoms with van der Waals surface area (Å²) in [6.45, 7) is 5.98. The van der Waals surface area contributed by atoms with Crippen molar-refractivity contribution in [1.82, 2.24) is 4.90 Å². The van der Waals surface area contributed by atoms with E-state index in [1.165, 1.54) is 6.07 Å². The second kappa shape index (κ2) is 8.03. The van der Waals surface area contributed by atoms with Crippen LogP contribution in [-0.4, -0.2) is 47.6 Å². The highest BCUT2D eigenvalue weighted by Gasteiger charge is 2.28. The van der Waals surface area contributed by atoms with Gasteiger partial charge in [-0.15, -0.1) is 0 Å². The molecule has 126 valence electrons. The third-order valence-corrected chi connectivity index (χ3v) is 4.10. The lowest BCUT2D eigenvalue weighted by Gasteiger charge is -2.35. The first kappa shape index (κ1) is 17.4. The highest BCUT2D eigenvalue weighted by atomic mass is 16.6. The van der Waals surface area contributed by atoms with Crippen LogP contribution in [0.3, 0.4) is 0 Å². The number of amides is 1. The van der Waals surface area contributed by atoms with Crippen molar-refractivity contribution in [2.24, 2.45) is 0 Å². The predicted octanol–water partition coefficient (Wildman–Crippen LogP) is 2.42. The summed E-state index contributed by atoms with van der Waals surface area (Å²) in [7, 11) is 0. The first-order chi connectivity index (χ1) is 11.0. The summed E-state index contributed by atoms with van der Waals surface area (Å²) in [5.41, 5.74) is 0.131. The van der Waals surface area contributed by atoms with Crippen LogP contribution in [0, 0.1) is 10.1 Å². The number of carbonyl (C=O) groups is 1. The minimum absolute atomic E-state index is 0.0983. The van der Waals surface area contributed by atoms with E-state index >= 15 is 0 Å². The molecule has 0 saturated carbocycles. The minimum atomic E-state index is -0.494. The lowest BCUT2D eigenvalue weighted by molar-refractivity contribution is -0.383. The number of nitrogens with one attached hydrogen (secondary N) is 1. The first-order valence-electron chi connectivity index (χ1n) is 7.92. The number of hydrogen-bond donors (Lipinski definition) is 1. The summed E-state index contributed by atoms with van der Waals surface area (Å²) < 4.78 is 5.65. The molecular formula is C16H23N3O4. The number of rotatable bonds is 6.